The number of nitrogens with two attached hydrogens (primary N) is 1. The van der Waals surface area contributed by atoms with Crippen LogP contribution in [0.25, 0.3) is 0 Å². The van der Waals surface area contributed by atoms with Gasteiger partial charge in [0.25, 0.3) is 0 Å². The SMILES string of the molecule is CC(=O)NCc1ccc(C(N)=S)cc1Br. The van der Waals surface area contributed by atoms with E-state index < -0.39 is 0 Å². The fourth-order valence-corrected chi connectivity index (χ4v) is 1.71. The molecule has 0 atom stereocenters. The lowest BCUT2D eigenvalue weighted by atomic mass is 10.1. The molecular formula is C10H11BrN2OS. The minimum atomic E-state index is -0.0553. The Balaban J connectivity index is 2.83. The number of amides is 1. The van der Waals surface area contributed by atoms with E-state index in [2.05, 4.69) is 21.2 Å². The van der Waals surface area contributed by atoms with Gasteiger partial charge in [-0.1, -0.05) is 40.3 Å². The van der Waals surface area contributed by atoms with Crippen molar-refractivity contribution in [3.8, 4) is 0 Å². The third-order valence-corrected chi connectivity index (χ3v) is 2.84. The van der Waals surface area contributed by atoms with Crippen molar-refractivity contribution in [3.05, 3.63) is 33.8 Å². The average molecular weight is 287 g/mol. The van der Waals surface area contributed by atoms with Crippen molar-refractivity contribution in [2.45, 2.75) is 13.5 Å². The Morgan fingerprint density at radius 3 is 2.73 bits per heavy atom. The summed E-state index contributed by atoms with van der Waals surface area (Å²) in [5.74, 6) is -0.0553. The molecule has 0 heterocycles. The van der Waals surface area contributed by atoms with Crippen LogP contribution in [0.15, 0.2) is 22.7 Å². The first-order valence-electron chi connectivity index (χ1n) is 4.33. The van der Waals surface area contributed by atoms with Gasteiger partial charge in [0.1, 0.15) is 4.99 Å². The van der Waals surface area contributed by atoms with Gasteiger partial charge in [0.05, 0.1) is 0 Å². The van der Waals surface area contributed by atoms with E-state index >= 15 is 0 Å². The van der Waals surface area contributed by atoms with Crippen LogP contribution in [0.1, 0.15) is 18.1 Å². The summed E-state index contributed by atoms with van der Waals surface area (Å²) in [7, 11) is 0. The van der Waals surface area contributed by atoms with Crippen molar-refractivity contribution in [1.82, 2.24) is 5.32 Å². The van der Waals surface area contributed by atoms with Gasteiger partial charge in [-0.2, -0.15) is 0 Å². The maximum atomic E-state index is 10.7. The second-order valence-electron chi connectivity index (χ2n) is 3.08. The van der Waals surface area contributed by atoms with Crippen molar-refractivity contribution in [1.29, 1.82) is 0 Å². The summed E-state index contributed by atoms with van der Waals surface area (Å²) in [4.78, 5) is 11.1. The normalized spacial score (nSPS) is 9.73. The van der Waals surface area contributed by atoms with Crippen molar-refractivity contribution >= 4 is 39.0 Å². The highest BCUT2D eigenvalue weighted by Gasteiger charge is 2.03. The minimum absolute atomic E-state index is 0.0553. The van der Waals surface area contributed by atoms with Gasteiger partial charge in [-0.05, 0) is 11.6 Å². The molecule has 1 aromatic rings. The van der Waals surface area contributed by atoms with Crippen LogP contribution in [0.5, 0.6) is 0 Å². The summed E-state index contributed by atoms with van der Waals surface area (Å²) in [6, 6.07) is 5.57. The first kappa shape index (κ1) is 12.1. The van der Waals surface area contributed by atoms with Crippen LogP contribution in [0.4, 0.5) is 0 Å². The molecule has 0 unspecified atom stereocenters. The lowest BCUT2D eigenvalue weighted by Crippen LogP contribution is -2.19. The largest absolute Gasteiger partial charge is 0.389 e. The number of carbonyl (C=O) groups is 1. The maximum absolute atomic E-state index is 10.7. The van der Waals surface area contributed by atoms with Gasteiger partial charge in [-0.3, -0.25) is 4.79 Å². The van der Waals surface area contributed by atoms with Crippen LogP contribution in [0, 0.1) is 0 Å². The van der Waals surface area contributed by atoms with Crippen LogP contribution in [-0.4, -0.2) is 10.9 Å². The van der Waals surface area contributed by atoms with Gasteiger partial charge in [0, 0.05) is 23.5 Å². The smallest absolute Gasteiger partial charge is 0.217 e. The fraction of sp³-hybridized carbons (Fsp3) is 0.200. The molecule has 3 nitrogen and oxygen atoms in total. The number of hydrogen-bond acceptors (Lipinski definition) is 2. The minimum Gasteiger partial charge on any atom is -0.389 e. The molecule has 0 fully saturated rings. The van der Waals surface area contributed by atoms with Crippen molar-refractivity contribution in [2.24, 2.45) is 5.73 Å². The molecule has 1 amide bonds. The number of rotatable bonds is 3. The maximum Gasteiger partial charge on any atom is 0.217 e. The Morgan fingerprint density at radius 2 is 2.27 bits per heavy atom. The molecule has 0 saturated carbocycles. The van der Waals surface area contributed by atoms with Crippen molar-refractivity contribution in [3.63, 3.8) is 0 Å². The number of hydrogen-bond donors (Lipinski definition) is 2. The van der Waals surface area contributed by atoms with E-state index in [1.165, 1.54) is 6.92 Å². The van der Waals surface area contributed by atoms with Gasteiger partial charge < -0.3 is 11.1 Å². The predicted octanol–water partition coefficient (Wildman–Crippen LogP) is 1.72. The van der Waals surface area contributed by atoms with E-state index in [0.717, 1.165) is 15.6 Å². The Labute approximate surface area is 102 Å². The third-order valence-electron chi connectivity index (χ3n) is 1.87. The summed E-state index contributed by atoms with van der Waals surface area (Å²) in [6.07, 6.45) is 0. The van der Waals surface area contributed by atoms with Gasteiger partial charge in [0.2, 0.25) is 5.91 Å². The van der Waals surface area contributed by atoms with Gasteiger partial charge in [-0.15, -0.1) is 0 Å². The summed E-state index contributed by atoms with van der Waals surface area (Å²) in [5, 5.41) is 2.72. The molecule has 15 heavy (non-hydrogen) atoms. The molecule has 5 heteroatoms. The molecule has 3 N–H and O–H groups in total. The number of nitrogens with one attached hydrogen (secondary N) is 1. The van der Waals surface area contributed by atoms with Gasteiger partial charge in [-0.25, -0.2) is 0 Å². The van der Waals surface area contributed by atoms with Crippen LogP contribution < -0.4 is 11.1 Å². The molecule has 0 aliphatic carbocycles. The number of carbonyl (C=O) groups excluding carboxylic acids is 1. The molecule has 80 valence electrons. The molecule has 0 spiro atoms. The highest BCUT2D eigenvalue weighted by Crippen LogP contribution is 2.18. The highest BCUT2D eigenvalue weighted by molar-refractivity contribution is 9.10. The van der Waals surface area contributed by atoms with Crippen LogP contribution in [-0.2, 0) is 11.3 Å². The van der Waals surface area contributed by atoms with Crippen LogP contribution in [0.2, 0.25) is 0 Å². The van der Waals surface area contributed by atoms with Crippen LogP contribution >= 0.6 is 28.1 Å². The molecule has 0 bridgehead atoms. The molecule has 0 aliphatic heterocycles. The quantitative estimate of drug-likeness (QED) is 0.832. The monoisotopic (exact) mass is 286 g/mol. The first-order valence-corrected chi connectivity index (χ1v) is 5.53. The number of thiocarbonyl (C=S) groups is 1. The zero-order chi connectivity index (χ0) is 11.4. The van der Waals surface area contributed by atoms with Gasteiger partial charge in [0.15, 0.2) is 0 Å². The van der Waals surface area contributed by atoms with E-state index in [4.69, 9.17) is 18.0 Å². The Hall–Kier alpha value is -0.940. The Morgan fingerprint density at radius 1 is 1.60 bits per heavy atom. The van der Waals surface area contributed by atoms with Crippen LogP contribution in [0.3, 0.4) is 0 Å². The molecule has 0 aliphatic rings. The van der Waals surface area contributed by atoms with E-state index in [1.54, 1.807) is 0 Å². The zero-order valence-electron chi connectivity index (χ0n) is 8.21. The number of benzene rings is 1. The predicted molar refractivity (Wildman–Crippen MR) is 67.6 cm³/mol. The standard InChI is InChI=1S/C10H11BrN2OS/c1-6(14)13-5-8-3-2-7(10(12)15)4-9(8)11/h2-4H,5H2,1H3,(H2,12,15)(H,13,14). The lowest BCUT2D eigenvalue weighted by molar-refractivity contribution is -0.119. The molecule has 1 aromatic carbocycles. The Bertz CT molecular complexity index is 406. The summed E-state index contributed by atoms with van der Waals surface area (Å²) < 4.78 is 0.890. The molecule has 0 saturated heterocycles. The van der Waals surface area contributed by atoms with Crippen molar-refractivity contribution < 1.29 is 4.79 Å². The van der Waals surface area contributed by atoms with Crippen molar-refractivity contribution in [2.75, 3.05) is 0 Å². The molecule has 0 radical (unpaired) electrons. The second-order valence-corrected chi connectivity index (χ2v) is 4.37. The second kappa shape index (κ2) is 5.23. The number of halogens is 1. The summed E-state index contributed by atoms with van der Waals surface area (Å²) >= 11 is 8.26. The average Bonchev–Trinajstić information content (AvgIpc) is 2.15. The molecule has 1 rings (SSSR count). The summed E-state index contributed by atoms with van der Waals surface area (Å²) in [6.45, 7) is 1.98. The molecule has 0 aromatic heterocycles. The fourth-order valence-electron chi connectivity index (χ4n) is 1.06. The van der Waals surface area contributed by atoms with Gasteiger partial charge >= 0.3 is 0 Å². The van der Waals surface area contributed by atoms with E-state index in [0.29, 0.717) is 11.5 Å². The third kappa shape index (κ3) is 3.60. The zero-order valence-corrected chi connectivity index (χ0v) is 10.6. The van der Waals surface area contributed by atoms with E-state index in [-0.39, 0.29) is 5.91 Å². The Kier molecular flexibility index (Phi) is 4.23. The highest BCUT2D eigenvalue weighted by atomic mass is 79.9. The van der Waals surface area contributed by atoms with E-state index in [1.807, 2.05) is 18.2 Å². The topological polar surface area (TPSA) is 55.1 Å². The summed E-state index contributed by atoms with van der Waals surface area (Å²) in [5.41, 5.74) is 7.30. The van der Waals surface area contributed by atoms with E-state index in [9.17, 15) is 4.79 Å². The first-order chi connectivity index (χ1) is 7.00. The molecular weight excluding hydrogens is 276 g/mol. The lowest BCUT2D eigenvalue weighted by Gasteiger charge is -2.07.